The Morgan fingerprint density at radius 3 is 2.62 bits per heavy atom. The Morgan fingerprint density at radius 1 is 1.24 bits per heavy atom. The molecule has 0 bridgehead atoms. The summed E-state index contributed by atoms with van der Waals surface area (Å²) < 4.78 is 5.26. The molecule has 0 spiro atoms. The van der Waals surface area contributed by atoms with Crippen LogP contribution in [0.3, 0.4) is 0 Å². The minimum absolute atomic E-state index is 0.0315. The van der Waals surface area contributed by atoms with E-state index < -0.39 is 0 Å². The molecule has 4 heteroatoms. The molecule has 0 atom stereocenters. The van der Waals surface area contributed by atoms with Gasteiger partial charge in [0.1, 0.15) is 5.82 Å². The molecule has 1 aromatic heterocycles. The number of aliphatic hydroxyl groups excluding tert-OH is 1. The fraction of sp³-hybridized carbons (Fsp3) is 0.471. The van der Waals surface area contributed by atoms with Crippen LogP contribution in [0.4, 0.5) is 5.82 Å². The van der Waals surface area contributed by atoms with E-state index in [4.69, 9.17) is 4.74 Å². The fourth-order valence-corrected chi connectivity index (χ4v) is 3.16. The summed E-state index contributed by atoms with van der Waals surface area (Å²) >= 11 is 0. The summed E-state index contributed by atoms with van der Waals surface area (Å²) in [5, 5.41) is 11.7. The van der Waals surface area contributed by atoms with Crippen LogP contribution in [0.1, 0.15) is 18.4 Å². The predicted molar refractivity (Wildman–Crippen MR) is 84.5 cm³/mol. The van der Waals surface area contributed by atoms with E-state index in [-0.39, 0.29) is 6.61 Å². The molecule has 112 valence electrons. The van der Waals surface area contributed by atoms with Crippen LogP contribution in [-0.2, 0) is 11.3 Å². The van der Waals surface area contributed by atoms with E-state index in [2.05, 4.69) is 22.0 Å². The molecule has 2 aromatic rings. The predicted octanol–water partition coefficient (Wildman–Crippen LogP) is 2.59. The zero-order valence-corrected chi connectivity index (χ0v) is 12.5. The Bertz CT molecular complexity index is 607. The highest BCUT2D eigenvalue weighted by Gasteiger charge is 2.21. The van der Waals surface area contributed by atoms with Crippen molar-refractivity contribution in [2.24, 2.45) is 5.92 Å². The van der Waals surface area contributed by atoms with Gasteiger partial charge >= 0.3 is 0 Å². The van der Waals surface area contributed by atoms with Crippen molar-refractivity contribution >= 4 is 16.6 Å². The number of hydrogen-bond acceptors (Lipinski definition) is 4. The highest BCUT2D eigenvalue weighted by Crippen LogP contribution is 2.30. The monoisotopic (exact) mass is 286 g/mol. The smallest absolute Gasteiger partial charge is 0.136 e. The van der Waals surface area contributed by atoms with E-state index in [1.54, 1.807) is 13.3 Å². The Kier molecular flexibility index (Phi) is 4.36. The summed E-state index contributed by atoms with van der Waals surface area (Å²) in [5.41, 5.74) is 0.892. The van der Waals surface area contributed by atoms with Gasteiger partial charge in [0.2, 0.25) is 0 Å². The average molecular weight is 286 g/mol. The molecule has 1 aliphatic rings. The zero-order valence-electron chi connectivity index (χ0n) is 12.5. The van der Waals surface area contributed by atoms with Crippen molar-refractivity contribution in [1.29, 1.82) is 0 Å². The van der Waals surface area contributed by atoms with Crippen LogP contribution >= 0.6 is 0 Å². The van der Waals surface area contributed by atoms with Gasteiger partial charge in [-0.15, -0.1) is 0 Å². The highest BCUT2D eigenvalue weighted by molar-refractivity contribution is 5.94. The lowest BCUT2D eigenvalue weighted by atomic mass is 9.97. The van der Waals surface area contributed by atoms with Crippen LogP contribution in [0.5, 0.6) is 0 Å². The van der Waals surface area contributed by atoms with Gasteiger partial charge in [-0.3, -0.25) is 0 Å². The van der Waals surface area contributed by atoms with E-state index in [0.717, 1.165) is 54.7 Å². The van der Waals surface area contributed by atoms with Gasteiger partial charge in [0.05, 0.1) is 6.61 Å². The van der Waals surface area contributed by atoms with Crippen LogP contribution in [0.2, 0.25) is 0 Å². The first-order chi connectivity index (χ1) is 10.3. The van der Waals surface area contributed by atoms with Gasteiger partial charge < -0.3 is 14.7 Å². The van der Waals surface area contributed by atoms with E-state index in [9.17, 15) is 5.11 Å². The standard InChI is InChI=1S/C17H22N2O2/c1-21-12-13-6-8-19(9-7-13)17-16-5-3-2-4-15(16)14(11-20)10-18-17/h2-5,10,13,20H,6-9,11-12H2,1H3. The van der Waals surface area contributed by atoms with Gasteiger partial charge in [0.15, 0.2) is 0 Å². The lowest BCUT2D eigenvalue weighted by Gasteiger charge is -2.33. The number of methoxy groups -OCH3 is 1. The third kappa shape index (κ3) is 2.87. The zero-order chi connectivity index (χ0) is 14.7. The number of hydrogen-bond donors (Lipinski definition) is 1. The first-order valence-electron chi connectivity index (χ1n) is 7.55. The van der Waals surface area contributed by atoms with Crippen LogP contribution in [0.15, 0.2) is 30.5 Å². The number of anilines is 1. The quantitative estimate of drug-likeness (QED) is 0.938. The number of ether oxygens (including phenoxy) is 1. The molecule has 21 heavy (non-hydrogen) atoms. The number of benzene rings is 1. The van der Waals surface area contributed by atoms with Crippen LogP contribution in [0, 0.1) is 5.92 Å². The molecule has 2 heterocycles. The van der Waals surface area contributed by atoms with Crippen LogP contribution in [-0.4, -0.2) is 36.9 Å². The first-order valence-corrected chi connectivity index (χ1v) is 7.55. The summed E-state index contributed by atoms with van der Waals surface area (Å²) in [6.45, 7) is 2.92. The summed E-state index contributed by atoms with van der Waals surface area (Å²) in [6, 6.07) is 8.20. The molecule has 0 aliphatic carbocycles. The average Bonchev–Trinajstić information content (AvgIpc) is 2.55. The third-order valence-corrected chi connectivity index (χ3v) is 4.34. The second kappa shape index (κ2) is 6.41. The SMILES string of the molecule is COCC1CCN(c2ncc(CO)c3ccccc23)CC1. The van der Waals surface area contributed by atoms with Crippen molar-refractivity contribution in [2.45, 2.75) is 19.4 Å². The van der Waals surface area contributed by atoms with Crippen molar-refractivity contribution in [3.63, 3.8) is 0 Å². The second-order valence-corrected chi connectivity index (χ2v) is 5.70. The highest BCUT2D eigenvalue weighted by atomic mass is 16.5. The van der Waals surface area contributed by atoms with Crippen molar-refractivity contribution < 1.29 is 9.84 Å². The lowest BCUT2D eigenvalue weighted by Crippen LogP contribution is -2.35. The molecule has 1 fully saturated rings. The maximum atomic E-state index is 9.46. The maximum Gasteiger partial charge on any atom is 0.136 e. The molecule has 1 N–H and O–H groups in total. The van der Waals surface area contributed by atoms with E-state index >= 15 is 0 Å². The van der Waals surface area contributed by atoms with Gasteiger partial charge in [-0.25, -0.2) is 4.98 Å². The topological polar surface area (TPSA) is 45.6 Å². The van der Waals surface area contributed by atoms with Crippen molar-refractivity contribution in [1.82, 2.24) is 4.98 Å². The summed E-state index contributed by atoms with van der Waals surface area (Å²) in [6.07, 6.45) is 4.09. The number of pyridine rings is 1. The first kappa shape index (κ1) is 14.3. The van der Waals surface area contributed by atoms with Crippen molar-refractivity contribution in [2.75, 3.05) is 31.7 Å². The molecule has 0 radical (unpaired) electrons. The molecule has 0 unspecified atom stereocenters. The van der Waals surface area contributed by atoms with Crippen molar-refractivity contribution in [3.05, 3.63) is 36.0 Å². The molecule has 1 aromatic carbocycles. The van der Waals surface area contributed by atoms with Gasteiger partial charge in [-0.1, -0.05) is 24.3 Å². The minimum atomic E-state index is 0.0315. The Morgan fingerprint density at radius 2 is 1.95 bits per heavy atom. The summed E-state index contributed by atoms with van der Waals surface area (Å²) in [4.78, 5) is 6.96. The number of aromatic nitrogens is 1. The lowest BCUT2D eigenvalue weighted by molar-refractivity contribution is 0.139. The molecule has 1 saturated heterocycles. The molecule has 1 aliphatic heterocycles. The number of nitrogens with zero attached hydrogens (tertiary/aromatic N) is 2. The number of piperidine rings is 1. The van der Waals surface area contributed by atoms with E-state index in [1.165, 1.54) is 0 Å². The largest absolute Gasteiger partial charge is 0.392 e. The normalized spacial score (nSPS) is 16.6. The van der Waals surface area contributed by atoms with Gasteiger partial charge in [-0.05, 0) is 24.1 Å². The Labute approximate surface area is 125 Å². The molecular formula is C17H22N2O2. The molecule has 4 nitrogen and oxygen atoms in total. The second-order valence-electron chi connectivity index (χ2n) is 5.70. The maximum absolute atomic E-state index is 9.46. The molecule has 3 rings (SSSR count). The number of rotatable bonds is 4. The summed E-state index contributed by atoms with van der Waals surface area (Å²) in [7, 11) is 1.77. The Balaban J connectivity index is 1.88. The Hall–Kier alpha value is -1.65. The van der Waals surface area contributed by atoms with Crippen LogP contribution < -0.4 is 4.90 Å². The van der Waals surface area contributed by atoms with Crippen molar-refractivity contribution in [3.8, 4) is 0 Å². The summed E-state index contributed by atoms with van der Waals surface area (Å²) in [5.74, 6) is 1.70. The number of aliphatic hydroxyl groups is 1. The van der Waals surface area contributed by atoms with Gasteiger partial charge in [-0.2, -0.15) is 0 Å². The van der Waals surface area contributed by atoms with E-state index in [1.807, 2.05) is 12.1 Å². The van der Waals surface area contributed by atoms with Gasteiger partial charge in [0, 0.05) is 44.0 Å². The van der Waals surface area contributed by atoms with E-state index in [0.29, 0.717) is 5.92 Å². The van der Waals surface area contributed by atoms with Gasteiger partial charge in [0.25, 0.3) is 0 Å². The molecule has 0 saturated carbocycles. The molecular weight excluding hydrogens is 264 g/mol. The minimum Gasteiger partial charge on any atom is -0.392 e. The third-order valence-electron chi connectivity index (χ3n) is 4.34. The fourth-order valence-electron chi connectivity index (χ4n) is 3.16. The molecule has 0 amide bonds. The number of fused-ring (bicyclic) bond motifs is 1. The van der Waals surface area contributed by atoms with Crippen LogP contribution in [0.25, 0.3) is 10.8 Å².